The second-order valence-electron chi connectivity index (χ2n) is 3.53. The van der Waals surface area contributed by atoms with Crippen molar-refractivity contribution in [1.82, 2.24) is 10.6 Å². The first-order valence-electron chi connectivity index (χ1n) is 5.49. The van der Waals surface area contributed by atoms with Crippen LogP contribution in [0.25, 0.3) is 0 Å². The quantitative estimate of drug-likeness (QED) is 0.475. The summed E-state index contributed by atoms with van der Waals surface area (Å²) < 4.78 is 0.536. The third kappa shape index (κ3) is 4.08. The maximum absolute atomic E-state index is 11.8. The first-order chi connectivity index (χ1) is 8.56. The molecule has 0 saturated carbocycles. The van der Waals surface area contributed by atoms with Crippen LogP contribution in [-0.4, -0.2) is 30.5 Å². The number of nitrogens with one attached hydrogen (secondary N) is 2. The van der Waals surface area contributed by atoms with Gasteiger partial charge in [0.25, 0.3) is 11.6 Å². The molecule has 0 fully saturated rings. The number of carbonyl (C=O) groups is 1. The highest BCUT2D eigenvalue weighted by molar-refractivity contribution is 9.10. The zero-order valence-electron chi connectivity index (χ0n) is 9.90. The molecule has 1 aromatic carbocycles. The van der Waals surface area contributed by atoms with Gasteiger partial charge >= 0.3 is 0 Å². The Morgan fingerprint density at radius 2 is 2.17 bits per heavy atom. The van der Waals surface area contributed by atoms with E-state index in [1.54, 1.807) is 0 Å². The predicted octanol–water partition coefficient (Wildman–Crippen LogP) is 1.70. The molecule has 0 aliphatic heterocycles. The van der Waals surface area contributed by atoms with Gasteiger partial charge in [-0.25, -0.2) is 0 Å². The van der Waals surface area contributed by atoms with Gasteiger partial charge in [0.2, 0.25) is 0 Å². The maximum atomic E-state index is 11.8. The van der Waals surface area contributed by atoms with Gasteiger partial charge in [0.05, 0.1) is 10.5 Å². The zero-order chi connectivity index (χ0) is 13.5. The molecule has 6 nitrogen and oxygen atoms in total. The minimum Gasteiger partial charge on any atom is -0.351 e. The Labute approximate surface area is 113 Å². The molecule has 1 rings (SSSR count). The molecule has 0 spiro atoms. The van der Waals surface area contributed by atoms with E-state index in [0.29, 0.717) is 17.6 Å². The van der Waals surface area contributed by atoms with Gasteiger partial charge < -0.3 is 10.6 Å². The van der Waals surface area contributed by atoms with E-state index in [2.05, 4.69) is 26.6 Å². The number of likely N-dealkylation sites (N-methyl/N-ethyl adjacent to an activating group) is 1. The van der Waals surface area contributed by atoms with Crippen LogP contribution in [0, 0.1) is 10.1 Å². The fourth-order valence-electron chi connectivity index (χ4n) is 1.34. The van der Waals surface area contributed by atoms with Crippen molar-refractivity contribution < 1.29 is 9.72 Å². The second kappa shape index (κ2) is 7.07. The Balaban J connectivity index is 2.72. The van der Waals surface area contributed by atoms with Gasteiger partial charge in [-0.15, -0.1) is 0 Å². The van der Waals surface area contributed by atoms with Crippen LogP contribution < -0.4 is 10.6 Å². The van der Waals surface area contributed by atoms with Crippen molar-refractivity contribution in [3.05, 3.63) is 38.3 Å². The van der Waals surface area contributed by atoms with Crippen molar-refractivity contribution in [2.45, 2.75) is 6.92 Å². The van der Waals surface area contributed by atoms with Crippen molar-refractivity contribution in [2.24, 2.45) is 0 Å². The maximum Gasteiger partial charge on any atom is 0.270 e. The summed E-state index contributed by atoms with van der Waals surface area (Å²) in [6, 6.07) is 4.10. The summed E-state index contributed by atoms with van der Waals surface area (Å²) in [6.45, 7) is 3.94. The molecule has 0 saturated heterocycles. The molecular weight excluding hydrogens is 302 g/mol. The van der Waals surface area contributed by atoms with Gasteiger partial charge in [-0.3, -0.25) is 14.9 Å². The van der Waals surface area contributed by atoms with Crippen LogP contribution in [0.15, 0.2) is 22.7 Å². The largest absolute Gasteiger partial charge is 0.351 e. The van der Waals surface area contributed by atoms with Crippen molar-refractivity contribution in [2.75, 3.05) is 19.6 Å². The fraction of sp³-hybridized carbons (Fsp3) is 0.364. The number of carbonyl (C=O) groups excluding carboxylic acids is 1. The predicted molar refractivity (Wildman–Crippen MR) is 71.7 cm³/mol. The average molecular weight is 316 g/mol. The number of rotatable bonds is 6. The number of nitrogens with zero attached hydrogens (tertiary/aromatic N) is 1. The number of hydrogen-bond acceptors (Lipinski definition) is 4. The Kier molecular flexibility index (Phi) is 5.73. The van der Waals surface area contributed by atoms with E-state index >= 15 is 0 Å². The Morgan fingerprint density at radius 1 is 1.44 bits per heavy atom. The van der Waals surface area contributed by atoms with E-state index in [1.807, 2.05) is 6.92 Å². The normalized spacial score (nSPS) is 10.1. The number of hydrogen-bond donors (Lipinski definition) is 2. The summed E-state index contributed by atoms with van der Waals surface area (Å²) in [4.78, 5) is 21.9. The number of amides is 1. The molecule has 18 heavy (non-hydrogen) atoms. The van der Waals surface area contributed by atoms with Crippen molar-refractivity contribution in [1.29, 1.82) is 0 Å². The van der Waals surface area contributed by atoms with E-state index in [1.165, 1.54) is 18.2 Å². The number of benzene rings is 1. The molecular formula is C11H14BrN3O3. The van der Waals surface area contributed by atoms with Crippen molar-refractivity contribution >= 4 is 27.5 Å². The monoisotopic (exact) mass is 315 g/mol. The third-order valence-electron chi connectivity index (χ3n) is 2.24. The van der Waals surface area contributed by atoms with E-state index < -0.39 is 4.92 Å². The standard InChI is InChI=1S/C11H14BrN3O3/c1-2-13-5-6-14-11(16)9-7-8(15(17)18)3-4-10(9)12/h3-4,7,13H,2,5-6H2,1H3,(H,14,16). The Bertz CT molecular complexity index is 451. The molecule has 0 heterocycles. The molecule has 2 N–H and O–H groups in total. The average Bonchev–Trinajstić information content (AvgIpc) is 2.34. The zero-order valence-corrected chi connectivity index (χ0v) is 11.5. The number of nitro benzene ring substituents is 1. The molecule has 0 radical (unpaired) electrons. The number of nitro groups is 1. The highest BCUT2D eigenvalue weighted by Gasteiger charge is 2.14. The minimum absolute atomic E-state index is 0.102. The molecule has 0 unspecified atom stereocenters. The molecule has 0 aliphatic rings. The summed E-state index contributed by atoms with van der Waals surface area (Å²) in [7, 11) is 0. The van der Waals surface area contributed by atoms with Gasteiger partial charge in [-0.1, -0.05) is 6.92 Å². The lowest BCUT2D eigenvalue weighted by Gasteiger charge is -2.07. The van der Waals surface area contributed by atoms with E-state index in [4.69, 9.17) is 0 Å². The Hall–Kier alpha value is -1.47. The van der Waals surface area contributed by atoms with Crippen LogP contribution in [0.2, 0.25) is 0 Å². The molecule has 0 aliphatic carbocycles. The minimum atomic E-state index is -0.526. The van der Waals surface area contributed by atoms with E-state index in [0.717, 1.165) is 6.54 Å². The van der Waals surface area contributed by atoms with Crippen LogP contribution >= 0.6 is 15.9 Å². The third-order valence-corrected chi connectivity index (χ3v) is 2.93. The fourth-order valence-corrected chi connectivity index (χ4v) is 1.76. The van der Waals surface area contributed by atoms with Gasteiger partial charge in [0.15, 0.2) is 0 Å². The topological polar surface area (TPSA) is 84.3 Å². The summed E-state index contributed by atoms with van der Waals surface area (Å²) >= 11 is 3.20. The highest BCUT2D eigenvalue weighted by atomic mass is 79.9. The van der Waals surface area contributed by atoms with Crippen LogP contribution in [-0.2, 0) is 0 Å². The van der Waals surface area contributed by atoms with E-state index in [9.17, 15) is 14.9 Å². The summed E-state index contributed by atoms with van der Waals surface area (Å²) in [5.74, 6) is -0.330. The number of halogens is 1. The Morgan fingerprint density at radius 3 is 2.78 bits per heavy atom. The molecule has 7 heteroatoms. The first kappa shape index (κ1) is 14.6. The lowest BCUT2D eigenvalue weighted by atomic mass is 10.2. The van der Waals surface area contributed by atoms with Gasteiger partial charge in [0.1, 0.15) is 0 Å². The molecule has 98 valence electrons. The van der Waals surface area contributed by atoms with Crippen molar-refractivity contribution in [3.63, 3.8) is 0 Å². The molecule has 0 atom stereocenters. The molecule has 1 aromatic rings. The molecule has 0 bridgehead atoms. The molecule has 0 aromatic heterocycles. The smallest absolute Gasteiger partial charge is 0.270 e. The van der Waals surface area contributed by atoms with Crippen LogP contribution in [0.5, 0.6) is 0 Å². The highest BCUT2D eigenvalue weighted by Crippen LogP contribution is 2.22. The lowest BCUT2D eigenvalue weighted by Crippen LogP contribution is -2.31. The summed E-state index contributed by atoms with van der Waals surface area (Å²) in [5.41, 5.74) is 0.163. The SMILES string of the molecule is CCNCCNC(=O)c1cc([N+](=O)[O-])ccc1Br. The van der Waals surface area contributed by atoms with E-state index in [-0.39, 0.29) is 17.2 Å². The molecule has 1 amide bonds. The summed E-state index contributed by atoms with van der Waals surface area (Å²) in [6.07, 6.45) is 0. The summed E-state index contributed by atoms with van der Waals surface area (Å²) in [5, 5.41) is 16.4. The first-order valence-corrected chi connectivity index (χ1v) is 6.28. The van der Waals surface area contributed by atoms with Gasteiger partial charge in [-0.2, -0.15) is 0 Å². The van der Waals surface area contributed by atoms with Gasteiger partial charge in [-0.05, 0) is 28.5 Å². The number of non-ortho nitro benzene ring substituents is 1. The lowest BCUT2D eigenvalue weighted by molar-refractivity contribution is -0.384. The second-order valence-corrected chi connectivity index (χ2v) is 4.39. The van der Waals surface area contributed by atoms with Crippen LogP contribution in [0.3, 0.4) is 0 Å². The van der Waals surface area contributed by atoms with Crippen molar-refractivity contribution in [3.8, 4) is 0 Å². The van der Waals surface area contributed by atoms with Crippen LogP contribution in [0.1, 0.15) is 17.3 Å². The van der Waals surface area contributed by atoms with Crippen LogP contribution in [0.4, 0.5) is 5.69 Å². The van der Waals surface area contributed by atoms with Gasteiger partial charge in [0, 0.05) is 29.7 Å².